The van der Waals surface area contributed by atoms with Gasteiger partial charge in [-0.15, -0.1) is 0 Å². The number of nitrogens with zero attached hydrogens (tertiary/aromatic N) is 3. The highest BCUT2D eigenvalue weighted by Gasteiger charge is 2.14. The Hall–Kier alpha value is -1.32. The number of hydrogen-bond donors (Lipinski definition) is 0. The molecule has 0 aliphatic heterocycles. The van der Waals surface area contributed by atoms with E-state index in [1.165, 1.54) is 11.8 Å². The first-order chi connectivity index (χ1) is 10.1. The molecule has 0 aliphatic rings. The molecule has 0 aliphatic carbocycles. The van der Waals surface area contributed by atoms with Crippen molar-refractivity contribution in [2.75, 3.05) is 0 Å². The lowest BCUT2D eigenvalue weighted by atomic mass is 10.2. The second kappa shape index (κ2) is 7.62. The normalized spacial score (nSPS) is 12.2. The Balaban J connectivity index is 2.03. The molecular formula is C14H9Cl2N3S2. The van der Waals surface area contributed by atoms with Gasteiger partial charge < -0.3 is 4.57 Å². The van der Waals surface area contributed by atoms with Gasteiger partial charge in [0.05, 0.1) is 16.6 Å². The predicted octanol–water partition coefficient (Wildman–Crippen LogP) is 4.99. The molecule has 0 saturated heterocycles. The molecule has 2 rings (SSSR count). The Morgan fingerprint density at radius 1 is 1.48 bits per heavy atom. The van der Waals surface area contributed by atoms with Crippen LogP contribution in [0.15, 0.2) is 42.3 Å². The number of imidazole rings is 1. The van der Waals surface area contributed by atoms with Crippen LogP contribution >= 0.6 is 47.2 Å². The van der Waals surface area contributed by atoms with Crippen LogP contribution in [-0.2, 0) is 0 Å². The maximum absolute atomic E-state index is 9.20. The third-order valence-corrected chi connectivity index (χ3v) is 4.36. The van der Waals surface area contributed by atoms with Gasteiger partial charge in [0.2, 0.25) is 0 Å². The molecule has 1 aromatic heterocycles. The molecule has 1 aromatic carbocycles. The van der Waals surface area contributed by atoms with Crippen molar-refractivity contribution in [1.82, 2.24) is 9.55 Å². The summed E-state index contributed by atoms with van der Waals surface area (Å²) < 4.78 is 2.20. The Labute approximate surface area is 142 Å². The topological polar surface area (TPSA) is 41.6 Å². The summed E-state index contributed by atoms with van der Waals surface area (Å²) in [5, 5.41) is 12.2. The summed E-state index contributed by atoms with van der Waals surface area (Å²) >= 11 is 18.5. The number of halogens is 2. The van der Waals surface area contributed by atoms with E-state index < -0.39 is 6.04 Å². The number of thioether (sulfide) groups is 1. The zero-order chi connectivity index (χ0) is 15.2. The Morgan fingerprint density at radius 2 is 2.29 bits per heavy atom. The van der Waals surface area contributed by atoms with Crippen molar-refractivity contribution in [3.63, 3.8) is 0 Å². The molecule has 0 amide bonds. The van der Waals surface area contributed by atoms with Gasteiger partial charge in [0.1, 0.15) is 0 Å². The zero-order valence-electron chi connectivity index (χ0n) is 10.6. The minimum Gasteiger partial charge on any atom is -0.316 e. The summed E-state index contributed by atoms with van der Waals surface area (Å²) in [6.07, 6.45) is 6.72. The smallest absolute Gasteiger partial charge is 0.163 e. The van der Waals surface area contributed by atoms with Crippen LogP contribution in [0.3, 0.4) is 0 Å². The fraction of sp³-hybridized carbons (Fsp3) is 0.0714. The van der Waals surface area contributed by atoms with E-state index in [1.54, 1.807) is 40.8 Å². The molecule has 0 saturated carbocycles. The minimum atomic E-state index is -0.530. The number of hydrogen-bond acceptors (Lipinski definition) is 4. The zero-order valence-corrected chi connectivity index (χ0v) is 13.8. The first-order valence-electron chi connectivity index (χ1n) is 5.81. The van der Waals surface area contributed by atoms with Crippen LogP contribution in [0.1, 0.15) is 11.6 Å². The molecule has 7 heteroatoms. The maximum Gasteiger partial charge on any atom is 0.163 e. The first kappa shape index (κ1) is 16.1. The Bertz CT molecular complexity index is 706. The summed E-state index contributed by atoms with van der Waals surface area (Å²) in [6.45, 7) is 0. The van der Waals surface area contributed by atoms with Crippen LogP contribution in [0.5, 0.6) is 0 Å². The lowest BCUT2D eigenvalue weighted by Crippen LogP contribution is -2.11. The number of benzene rings is 1. The molecule has 106 valence electrons. The van der Waals surface area contributed by atoms with Crippen LogP contribution in [-0.4, -0.2) is 13.7 Å². The van der Waals surface area contributed by atoms with Crippen molar-refractivity contribution < 1.29 is 0 Å². The summed E-state index contributed by atoms with van der Waals surface area (Å²) in [6, 6.07) is 6.89. The molecule has 1 heterocycles. The monoisotopic (exact) mass is 353 g/mol. The van der Waals surface area contributed by atoms with Gasteiger partial charge in [-0.25, -0.2) is 4.98 Å². The SMILES string of the molecule is N#CC(C(=S)S/C=C/c1ccc(Cl)cc1Cl)n1ccnc1. The van der Waals surface area contributed by atoms with E-state index in [4.69, 9.17) is 35.4 Å². The van der Waals surface area contributed by atoms with E-state index >= 15 is 0 Å². The van der Waals surface area contributed by atoms with Gasteiger partial charge in [0.25, 0.3) is 0 Å². The minimum absolute atomic E-state index is 0.530. The van der Waals surface area contributed by atoms with E-state index in [9.17, 15) is 5.26 Å². The van der Waals surface area contributed by atoms with E-state index in [1.807, 2.05) is 12.1 Å². The molecule has 3 nitrogen and oxygen atoms in total. The maximum atomic E-state index is 9.20. The molecule has 21 heavy (non-hydrogen) atoms. The molecule has 0 radical (unpaired) electrons. The highest BCUT2D eigenvalue weighted by atomic mass is 35.5. The van der Waals surface area contributed by atoms with Gasteiger partial charge in [-0.2, -0.15) is 5.26 Å². The van der Waals surface area contributed by atoms with Gasteiger partial charge >= 0.3 is 0 Å². The Kier molecular flexibility index (Phi) is 5.83. The summed E-state index contributed by atoms with van der Waals surface area (Å²) in [7, 11) is 0. The van der Waals surface area contributed by atoms with Gasteiger partial charge in [-0.3, -0.25) is 0 Å². The number of thiocarbonyl (C=S) groups is 1. The molecule has 1 atom stereocenters. The standard InChI is InChI=1S/C14H9Cl2N3S2/c15-11-2-1-10(12(16)7-11)3-6-21-14(20)13(8-17)19-5-4-18-9-19/h1-7,9,13H/b6-3+. The lowest BCUT2D eigenvalue weighted by molar-refractivity contribution is 0.781. The summed E-state index contributed by atoms with van der Waals surface area (Å²) in [5.41, 5.74) is 0.840. The van der Waals surface area contributed by atoms with E-state index in [2.05, 4.69) is 11.1 Å². The average Bonchev–Trinajstić information content (AvgIpc) is 2.96. The first-order valence-corrected chi connectivity index (χ1v) is 7.85. The highest BCUT2D eigenvalue weighted by molar-refractivity contribution is 8.25. The highest BCUT2D eigenvalue weighted by Crippen LogP contribution is 2.24. The Morgan fingerprint density at radius 3 is 2.90 bits per heavy atom. The second-order valence-corrected chi connectivity index (χ2v) is 6.44. The van der Waals surface area contributed by atoms with Crippen molar-refractivity contribution in [2.45, 2.75) is 6.04 Å². The van der Waals surface area contributed by atoms with Crippen molar-refractivity contribution in [2.24, 2.45) is 0 Å². The van der Waals surface area contributed by atoms with E-state index in [-0.39, 0.29) is 0 Å². The van der Waals surface area contributed by atoms with E-state index in [0.717, 1.165) is 5.56 Å². The third-order valence-electron chi connectivity index (χ3n) is 2.56. The van der Waals surface area contributed by atoms with Gasteiger partial charge in [0, 0.05) is 22.4 Å². The molecule has 0 fully saturated rings. The molecular weight excluding hydrogens is 345 g/mol. The van der Waals surface area contributed by atoms with Crippen LogP contribution < -0.4 is 0 Å². The molecule has 0 N–H and O–H groups in total. The number of nitriles is 1. The molecule has 0 spiro atoms. The predicted molar refractivity (Wildman–Crippen MR) is 92.6 cm³/mol. The fourth-order valence-corrected chi connectivity index (χ4v) is 3.00. The summed E-state index contributed by atoms with van der Waals surface area (Å²) in [5.74, 6) is 0. The van der Waals surface area contributed by atoms with Crippen molar-refractivity contribution in [1.29, 1.82) is 5.26 Å². The summed E-state index contributed by atoms with van der Waals surface area (Å²) in [4.78, 5) is 3.92. The van der Waals surface area contributed by atoms with Crippen molar-refractivity contribution in [3.05, 3.63) is 57.9 Å². The van der Waals surface area contributed by atoms with Crippen LogP contribution in [0, 0.1) is 11.3 Å². The van der Waals surface area contributed by atoms with Gasteiger partial charge in [-0.05, 0) is 29.2 Å². The lowest BCUT2D eigenvalue weighted by Gasteiger charge is -2.09. The third kappa shape index (κ3) is 4.32. The fourth-order valence-electron chi connectivity index (χ4n) is 1.54. The molecule has 2 aromatic rings. The molecule has 0 bridgehead atoms. The molecule has 1 unspecified atom stereocenters. The average molecular weight is 354 g/mol. The van der Waals surface area contributed by atoms with Gasteiger partial charge in [0.15, 0.2) is 6.04 Å². The number of rotatable bonds is 4. The van der Waals surface area contributed by atoms with Crippen molar-refractivity contribution in [3.8, 4) is 6.07 Å². The number of aromatic nitrogens is 2. The van der Waals surface area contributed by atoms with Crippen LogP contribution in [0.25, 0.3) is 6.08 Å². The van der Waals surface area contributed by atoms with Crippen LogP contribution in [0.2, 0.25) is 10.0 Å². The quantitative estimate of drug-likeness (QED) is 0.726. The van der Waals surface area contributed by atoms with Gasteiger partial charge in [-0.1, -0.05) is 53.2 Å². The van der Waals surface area contributed by atoms with E-state index in [0.29, 0.717) is 14.2 Å². The second-order valence-electron chi connectivity index (χ2n) is 3.95. The van der Waals surface area contributed by atoms with Crippen molar-refractivity contribution >= 4 is 57.5 Å². The van der Waals surface area contributed by atoms with Crippen LogP contribution in [0.4, 0.5) is 0 Å². The largest absolute Gasteiger partial charge is 0.316 e.